The summed E-state index contributed by atoms with van der Waals surface area (Å²) in [5, 5.41) is 10.1. The highest BCUT2D eigenvalue weighted by molar-refractivity contribution is 9.10. The summed E-state index contributed by atoms with van der Waals surface area (Å²) in [6.45, 7) is 1.35. The molecule has 23 heavy (non-hydrogen) atoms. The average molecular weight is 406 g/mol. The second kappa shape index (κ2) is 7.35. The molecule has 0 spiro atoms. The van der Waals surface area contributed by atoms with Gasteiger partial charge in [-0.3, -0.25) is 0 Å². The number of nitrogens with one attached hydrogen (secondary N) is 1. The van der Waals surface area contributed by atoms with Crippen molar-refractivity contribution in [3.63, 3.8) is 0 Å². The van der Waals surface area contributed by atoms with Crippen LogP contribution in [-0.2, 0) is 11.0 Å². The van der Waals surface area contributed by atoms with E-state index in [4.69, 9.17) is 9.90 Å². The van der Waals surface area contributed by atoms with Crippen molar-refractivity contribution in [3.05, 3.63) is 39.4 Å². The second-order valence-corrected chi connectivity index (χ2v) is 5.35. The maximum Gasteiger partial charge on any atom is 0.490 e. The fourth-order valence-electron chi connectivity index (χ4n) is 1.49. The smallest absolute Gasteiger partial charge is 0.475 e. The quantitative estimate of drug-likeness (QED) is 0.692. The molecule has 1 aliphatic rings. The first kappa shape index (κ1) is 19.5. The largest absolute Gasteiger partial charge is 0.490 e. The summed E-state index contributed by atoms with van der Waals surface area (Å²) < 4.78 is 70.4. The van der Waals surface area contributed by atoms with Crippen molar-refractivity contribution in [2.75, 3.05) is 13.1 Å². The minimum absolute atomic E-state index is 0.229. The molecule has 2 rings (SSSR count). The Morgan fingerprint density at radius 1 is 1.17 bits per heavy atom. The van der Waals surface area contributed by atoms with Gasteiger partial charge in [0.05, 0.1) is 5.56 Å². The van der Waals surface area contributed by atoms with Crippen molar-refractivity contribution >= 4 is 28.0 Å². The molecule has 0 aromatic heterocycles. The zero-order valence-electron chi connectivity index (χ0n) is 11.2. The van der Waals surface area contributed by atoms with Gasteiger partial charge in [-0.2, -0.15) is 26.3 Å². The molecule has 0 saturated carbocycles. The Bertz CT molecular complexity index is 603. The van der Waals surface area contributed by atoms with E-state index < -0.39 is 23.9 Å². The SMILES string of the molecule is FC(F)(F)c1cc(Br)ccc1C=C1CNC1.O=C(O)C(F)(F)F. The minimum atomic E-state index is -5.08. The van der Waals surface area contributed by atoms with Crippen LogP contribution in [0.2, 0.25) is 0 Å². The van der Waals surface area contributed by atoms with E-state index in [0.29, 0.717) is 17.6 Å². The van der Waals surface area contributed by atoms with Gasteiger partial charge in [0.15, 0.2) is 0 Å². The van der Waals surface area contributed by atoms with E-state index in [1.807, 2.05) is 0 Å². The zero-order valence-corrected chi connectivity index (χ0v) is 12.8. The van der Waals surface area contributed by atoms with Crippen LogP contribution >= 0.6 is 15.9 Å². The molecule has 2 N–H and O–H groups in total. The number of carboxylic acid groups (broad SMARTS) is 1. The van der Waals surface area contributed by atoms with Crippen molar-refractivity contribution in [2.45, 2.75) is 12.4 Å². The van der Waals surface area contributed by atoms with Gasteiger partial charge in [0.25, 0.3) is 0 Å². The number of alkyl halides is 6. The maximum atomic E-state index is 12.7. The first-order valence-corrected chi connectivity index (χ1v) is 6.77. The Morgan fingerprint density at radius 3 is 2.04 bits per heavy atom. The Balaban J connectivity index is 0.000000322. The number of benzene rings is 1. The lowest BCUT2D eigenvalue weighted by atomic mass is 10.0. The van der Waals surface area contributed by atoms with Gasteiger partial charge < -0.3 is 10.4 Å². The van der Waals surface area contributed by atoms with Gasteiger partial charge in [0.1, 0.15) is 0 Å². The molecule has 0 amide bonds. The van der Waals surface area contributed by atoms with Crippen molar-refractivity contribution < 1.29 is 36.2 Å². The fraction of sp³-hybridized carbons (Fsp3) is 0.308. The van der Waals surface area contributed by atoms with Crippen LogP contribution in [0.3, 0.4) is 0 Å². The van der Waals surface area contributed by atoms with Crippen LogP contribution in [0.4, 0.5) is 26.3 Å². The molecule has 3 nitrogen and oxygen atoms in total. The Kier molecular flexibility index (Phi) is 6.23. The molecule has 1 saturated heterocycles. The van der Waals surface area contributed by atoms with Crippen LogP contribution in [0, 0.1) is 0 Å². The third kappa shape index (κ3) is 6.22. The number of carboxylic acids is 1. The summed E-state index contributed by atoms with van der Waals surface area (Å²) in [4.78, 5) is 8.90. The molecule has 0 radical (unpaired) electrons. The van der Waals surface area contributed by atoms with Gasteiger partial charge in [-0.25, -0.2) is 4.79 Å². The molecule has 1 fully saturated rings. The predicted molar refractivity (Wildman–Crippen MR) is 73.7 cm³/mol. The highest BCUT2D eigenvalue weighted by atomic mass is 79.9. The van der Waals surface area contributed by atoms with Gasteiger partial charge in [-0.05, 0) is 23.3 Å². The average Bonchev–Trinajstić information content (AvgIpc) is 2.33. The molecule has 1 heterocycles. The molecule has 0 unspecified atom stereocenters. The van der Waals surface area contributed by atoms with E-state index >= 15 is 0 Å². The van der Waals surface area contributed by atoms with E-state index in [-0.39, 0.29) is 5.56 Å². The molecular formula is C13H10BrF6NO2. The number of aliphatic carboxylic acids is 1. The van der Waals surface area contributed by atoms with E-state index in [1.165, 1.54) is 6.07 Å². The summed E-state index contributed by atoms with van der Waals surface area (Å²) >= 11 is 3.05. The van der Waals surface area contributed by atoms with E-state index in [0.717, 1.165) is 11.6 Å². The topological polar surface area (TPSA) is 49.3 Å². The highest BCUT2D eigenvalue weighted by Crippen LogP contribution is 2.35. The predicted octanol–water partition coefficient (Wildman–Crippen LogP) is 4.09. The van der Waals surface area contributed by atoms with Gasteiger partial charge in [-0.15, -0.1) is 0 Å². The van der Waals surface area contributed by atoms with Crippen molar-refractivity contribution in [1.29, 1.82) is 0 Å². The number of rotatable bonds is 1. The van der Waals surface area contributed by atoms with Crippen LogP contribution in [0.1, 0.15) is 11.1 Å². The normalized spacial score (nSPS) is 14.5. The highest BCUT2D eigenvalue weighted by Gasteiger charge is 2.38. The van der Waals surface area contributed by atoms with E-state index in [9.17, 15) is 26.3 Å². The number of hydrogen-bond donors (Lipinski definition) is 2. The molecule has 128 valence electrons. The molecule has 1 aliphatic heterocycles. The molecule has 1 aromatic carbocycles. The molecular weight excluding hydrogens is 396 g/mol. The molecule has 0 aliphatic carbocycles. The standard InChI is InChI=1S/C11H9BrF3N.C2HF3O2/c12-9-2-1-8(3-7-5-16-6-7)10(4-9)11(13,14)15;3-2(4,5)1(6)7/h1-4,16H,5-6H2;(H,6,7). The van der Waals surface area contributed by atoms with Crippen LogP contribution in [0.5, 0.6) is 0 Å². The van der Waals surface area contributed by atoms with Crippen LogP contribution in [0.25, 0.3) is 6.08 Å². The molecule has 0 bridgehead atoms. The lowest BCUT2D eigenvalue weighted by molar-refractivity contribution is -0.192. The van der Waals surface area contributed by atoms with Crippen molar-refractivity contribution in [1.82, 2.24) is 5.32 Å². The van der Waals surface area contributed by atoms with Gasteiger partial charge >= 0.3 is 18.3 Å². The number of carbonyl (C=O) groups is 1. The summed E-state index contributed by atoms with van der Waals surface area (Å²) in [5.41, 5.74) is 0.626. The van der Waals surface area contributed by atoms with Gasteiger partial charge in [0.2, 0.25) is 0 Å². The van der Waals surface area contributed by atoms with Crippen LogP contribution in [-0.4, -0.2) is 30.3 Å². The van der Waals surface area contributed by atoms with Crippen LogP contribution < -0.4 is 5.32 Å². The summed E-state index contributed by atoms with van der Waals surface area (Å²) in [7, 11) is 0. The second-order valence-electron chi connectivity index (χ2n) is 4.44. The molecule has 0 atom stereocenters. The maximum absolute atomic E-state index is 12.7. The van der Waals surface area contributed by atoms with E-state index in [2.05, 4.69) is 21.2 Å². The first-order valence-electron chi connectivity index (χ1n) is 5.98. The number of hydrogen-bond acceptors (Lipinski definition) is 2. The molecule has 10 heteroatoms. The van der Waals surface area contributed by atoms with Crippen LogP contribution in [0.15, 0.2) is 28.2 Å². The number of halogens is 7. The van der Waals surface area contributed by atoms with Gasteiger partial charge in [0, 0.05) is 17.6 Å². The minimum Gasteiger partial charge on any atom is -0.475 e. The Hall–Kier alpha value is -1.55. The molecule has 1 aromatic rings. The van der Waals surface area contributed by atoms with Gasteiger partial charge in [-0.1, -0.05) is 28.1 Å². The Labute approximate surface area is 135 Å². The lowest BCUT2D eigenvalue weighted by Crippen LogP contribution is -2.33. The summed E-state index contributed by atoms with van der Waals surface area (Å²) in [6, 6.07) is 4.21. The summed E-state index contributed by atoms with van der Waals surface area (Å²) in [6.07, 6.45) is -7.79. The van der Waals surface area contributed by atoms with E-state index in [1.54, 1.807) is 12.1 Å². The third-order valence-corrected chi connectivity index (χ3v) is 3.12. The fourth-order valence-corrected chi connectivity index (χ4v) is 1.85. The van der Waals surface area contributed by atoms with Crippen molar-refractivity contribution in [3.8, 4) is 0 Å². The zero-order chi connectivity index (χ0) is 17.8. The lowest BCUT2D eigenvalue weighted by Gasteiger charge is -2.19. The first-order chi connectivity index (χ1) is 10.4. The third-order valence-electron chi connectivity index (χ3n) is 2.63. The summed E-state index contributed by atoms with van der Waals surface area (Å²) in [5.74, 6) is -2.76. The van der Waals surface area contributed by atoms with Crippen molar-refractivity contribution in [2.24, 2.45) is 0 Å². The Morgan fingerprint density at radius 2 is 1.70 bits per heavy atom. The monoisotopic (exact) mass is 405 g/mol.